The third-order valence-corrected chi connectivity index (χ3v) is 16.5. The molecule has 0 spiro atoms. The van der Waals surface area contributed by atoms with Gasteiger partial charge in [0.1, 0.15) is 0 Å². The quantitative estimate of drug-likeness (QED) is 0.142. The van der Waals surface area contributed by atoms with Crippen molar-refractivity contribution in [3.05, 3.63) is 336 Å². The molecule has 0 aliphatic heterocycles. The molecule has 0 amide bonds. The summed E-state index contributed by atoms with van der Waals surface area (Å²) < 4.78 is 0. The maximum absolute atomic E-state index is 2.51. The Morgan fingerprint density at radius 2 is 0.697 bits per heavy atom. The third kappa shape index (κ3) is 7.29. The Kier molecular flexibility index (Phi) is 10.5. The lowest BCUT2D eigenvalue weighted by molar-refractivity contribution is 0.574. The van der Waals surface area contributed by atoms with E-state index in [1.165, 1.54) is 144 Å². The van der Waals surface area contributed by atoms with Crippen molar-refractivity contribution in [3.63, 3.8) is 0 Å². The van der Waals surface area contributed by atoms with E-state index in [1.54, 1.807) is 0 Å². The van der Waals surface area contributed by atoms with Crippen LogP contribution in [-0.2, 0) is 0 Å². The average Bonchev–Trinajstić information content (AvgIpc) is 3.50. The van der Waals surface area contributed by atoms with Crippen molar-refractivity contribution in [3.8, 4) is 44.5 Å². The van der Waals surface area contributed by atoms with E-state index >= 15 is 0 Å². The molecule has 0 fully saturated rings. The van der Waals surface area contributed by atoms with Gasteiger partial charge in [0, 0.05) is 11.8 Å². The predicted octanol–water partition coefficient (Wildman–Crippen LogP) is 19.9. The molecule has 15 rings (SSSR count). The normalized spacial score (nSPS) is 16.6. The van der Waals surface area contributed by atoms with Gasteiger partial charge >= 0.3 is 0 Å². The fourth-order valence-electron chi connectivity index (χ4n) is 13.0. The summed E-state index contributed by atoms with van der Waals surface area (Å²) in [5.41, 5.74) is 25.2. The van der Waals surface area contributed by atoms with Gasteiger partial charge in [-0.25, -0.2) is 0 Å². The maximum Gasteiger partial charge on any atom is 0.0211 e. The fraction of sp³-hybridized carbons (Fsp3) is 0.0263. The van der Waals surface area contributed by atoms with E-state index in [1.807, 2.05) is 0 Å². The first-order valence-corrected chi connectivity index (χ1v) is 26.6. The van der Waals surface area contributed by atoms with Crippen molar-refractivity contribution < 1.29 is 0 Å². The molecule has 354 valence electrons. The molecule has 4 aliphatic carbocycles. The molecule has 0 bridgehead atoms. The number of benzene rings is 11. The lowest BCUT2D eigenvalue weighted by Crippen LogP contribution is -2.32. The first kappa shape index (κ1) is 43.9. The van der Waals surface area contributed by atoms with Crippen LogP contribution in [0.25, 0.3) is 99.1 Å². The van der Waals surface area contributed by atoms with Gasteiger partial charge in [-0.3, -0.25) is 0 Å². The summed E-state index contributed by atoms with van der Waals surface area (Å²) >= 11 is 0. The summed E-state index contributed by atoms with van der Waals surface area (Å²) in [5, 5.41) is 7.40. The highest BCUT2D eigenvalue weighted by Gasteiger charge is 2.44. The van der Waals surface area contributed by atoms with Gasteiger partial charge in [0.15, 0.2) is 0 Å². The maximum atomic E-state index is 2.51. The Hall–Kier alpha value is -9.62. The van der Waals surface area contributed by atoms with Crippen LogP contribution < -0.4 is 0 Å². The van der Waals surface area contributed by atoms with Crippen LogP contribution in [0, 0.1) is 11.8 Å². The molecule has 0 aromatic heterocycles. The third-order valence-electron chi connectivity index (χ3n) is 16.5. The second-order valence-corrected chi connectivity index (χ2v) is 20.6. The minimum Gasteiger partial charge on any atom is -0.0622 e. The van der Waals surface area contributed by atoms with Gasteiger partial charge in [0.2, 0.25) is 0 Å². The first-order chi connectivity index (χ1) is 37.7. The Labute approximate surface area is 444 Å². The van der Waals surface area contributed by atoms with Crippen LogP contribution in [0.1, 0.15) is 22.3 Å². The van der Waals surface area contributed by atoms with E-state index in [4.69, 9.17) is 0 Å². The summed E-state index contributed by atoms with van der Waals surface area (Å²) in [4.78, 5) is 0. The highest BCUT2D eigenvalue weighted by molar-refractivity contribution is 6.12. The molecule has 11 aromatic carbocycles. The standard InChI is InChI=1S/C76H50/c1-5-19-49(20-6-1)57-43-58(45-59(44-57)74-64(63-34-18-30-51-28-14-16-32-61(51)63)38-37-55-35-36-56(46-73(55)74)62-33-17-29-50-27-13-15-31-60(50)62)72-48-71(54-25-11-4-12-26-54)67-40-39-65-69(52-21-7-2-8-22-52)47-70(53-23-9-3-10-24-53)66-41-42-68(72)76(67)75(65)66/h1-48,75-76H. The zero-order chi connectivity index (χ0) is 50.1. The van der Waals surface area contributed by atoms with Gasteiger partial charge in [-0.15, -0.1) is 0 Å². The summed E-state index contributed by atoms with van der Waals surface area (Å²) in [6.07, 6.45) is 14.8. The van der Waals surface area contributed by atoms with Crippen molar-refractivity contribution in [1.82, 2.24) is 0 Å². The summed E-state index contributed by atoms with van der Waals surface area (Å²) in [6, 6.07) is 94.4. The van der Waals surface area contributed by atoms with Crippen LogP contribution >= 0.6 is 0 Å². The molecule has 0 radical (unpaired) electrons. The van der Waals surface area contributed by atoms with Crippen LogP contribution in [0.4, 0.5) is 0 Å². The molecule has 0 nitrogen and oxygen atoms in total. The molecule has 0 N–H and O–H groups in total. The van der Waals surface area contributed by atoms with Crippen molar-refractivity contribution >= 4 is 54.6 Å². The summed E-state index contributed by atoms with van der Waals surface area (Å²) in [7, 11) is 0. The summed E-state index contributed by atoms with van der Waals surface area (Å²) in [5.74, 6) is 0.190. The number of hydrogen-bond acceptors (Lipinski definition) is 0. The van der Waals surface area contributed by atoms with E-state index < -0.39 is 0 Å². The molecule has 2 unspecified atom stereocenters. The number of rotatable bonds is 8. The van der Waals surface area contributed by atoms with Crippen LogP contribution in [0.5, 0.6) is 0 Å². The van der Waals surface area contributed by atoms with Crippen LogP contribution in [0.2, 0.25) is 0 Å². The highest BCUT2D eigenvalue weighted by atomic mass is 14.5. The Morgan fingerprint density at radius 1 is 0.250 bits per heavy atom. The second-order valence-electron chi connectivity index (χ2n) is 20.6. The minimum atomic E-state index is 0.0808. The van der Waals surface area contributed by atoms with Crippen molar-refractivity contribution in [2.24, 2.45) is 11.8 Å². The van der Waals surface area contributed by atoms with E-state index in [0.29, 0.717) is 0 Å². The number of fused-ring (bicyclic) bond motifs is 3. The van der Waals surface area contributed by atoms with Crippen molar-refractivity contribution in [1.29, 1.82) is 0 Å². The second kappa shape index (κ2) is 18.1. The number of allylic oxidation sites excluding steroid dienone is 14. The molecule has 4 aliphatic rings. The largest absolute Gasteiger partial charge is 0.0622 e. The molecule has 0 heteroatoms. The first-order valence-electron chi connectivity index (χ1n) is 26.6. The minimum absolute atomic E-state index is 0.0808. The topological polar surface area (TPSA) is 0 Å². The van der Waals surface area contributed by atoms with Crippen LogP contribution in [-0.4, -0.2) is 0 Å². The van der Waals surface area contributed by atoms with Gasteiger partial charge < -0.3 is 0 Å². The smallest absolute Gasteiger partial charge is 0.0211 e. The van der Waals surface area contributed by atoms with Crippen molar-refractivity contribution in [2.45, 2.75) is 0 Å². The SMILES string of the molecule is C1=CC2=C(c3ccccc3)C=C(c3cc(-c4ccccc4)cc(-c4c(-c5cccc6ccccc56)ccc5ccc(-c6cccc7ccccc67)cc45)c3)C3=CC=C4C(c5ccccc5)=CC(c5ccccc5)=C1C4C32. The monoisotopic (exact) mass is 962 g/mol. The molecule has 0 saturated carbocycles. The molecule has 76 heavy (non-hydrogen) atoms. The van der Waals surface area contributed by atoms with E-state index in [2.05, 4.69) is 291 Å². The molecule has 2 atom stereocenters. The number of hydrogen-bond donors (Lipinski definition) is 0. The lowest BCUT2D eigenvalue weighted by atomic mass is 9.58. The van der Waals surface area contributed by atoms with Crippen molar-refractivity contribution in [2.75, 3.05) is 0 Å². The molecule has 0 saturated heterocycles. The molecule has 0 heterocycles. The average molecular weight is 963 g/mol. The summed E-state index contributed by atoms with van der Waals surface area (Å²) in [6.45, 7) is 0. The lowest BCUT2D eigenvalue weighted by Gasteiger charge is -2.45. The van der Waals surface area contributed by atoms with E-state index in [-0.39, 0.29) is 11.8 Å². The van der Waals surface area contributed by atoms with Crippen LogP contribution in [0.15, 0.2) is 314 Å². The molecular weight excluding hydrogens is 913 g/mol. The van der Waals surface area contributed by atoms with Crippen LogP contribution in [0.3, 0.4) is 0 Å². The zero-order valence-corrected chi connectivity index (χ0v) is 41.9. The predicted molar refractivity (Wildman–Crippen MR) is 322 cm³/mol. The highest BCUT2D eigenvalue weighted by Crippen LogP contribution is 2.59. The molecule has 11 aromatic rings. The Morgan fingerprint density at radius 3 is 1.30 bits per heavy atom. The van der Waals surface area contributed by atoms with Gasteiger partial charge in [-0.1, -0.05) is 255 Å². The van der Waals surface area contributed by atoms with Gasteiger partial charge in [0.05, 0.1) is 0 Å². The van der Waals surface area contributed by atoms with Gasteiger partial charge in [-0.2, -0.15) is 0 Å². The van der Waals surface area contributed by atoms with Gasteiger partial charge in [0.25, 0.3) is 0 Å². The zero-order valence-electron chi connectivity index (χ0n) is 41.9. The Balaban J connectivity index is 1.02. The molecular formula is C76H50. The Bertz CT molecular complexity index is 4390. The van der Waals surface area contributed by atoms with Gasteiger partial charge in [-0.05, 0) is 180 Å². The van der Waals surface area contributed by atoms with E-state index in [0.717, 1.165) is 0 Å². The van der Waals surface area contributed by atoms with E-state index in [9.17, 15) is 0 Å². The fourth-order valence-corrected chi connectivity index (χ4v) is 13.0.